The summed E-state index contributed by atoms with van der Waals surface area (Å²) in [6, 6.07) is 10.2. The molecule has 3 aliphatic rings. The van der Waals surface area contributed by atoms with E-state index in [-0.39, 0.29) is 0 Å². The molecule has 178 valence electrons. The minimum Gasteiger partial charge on any atom is -0.304 e. The van der Waals surface area contributed by atoms with Gasteiger partial charge in [0.15, 0.2) is 0 Å². The van der Waals surface area contributed by atoms with Crippen molar-refractivity contribution in [2.75, 3.05) is 26.3 Å². The summed E-state index contributed by atoms with van der Waals surface area (Å²) in [6.07, 6.45) is 13.0. The van der Waals surface area contributed by atoms with Crippen LogP contribution in [0.5, 0.6) is 0 Å². The molecule has 2 aromatic carbocycles. The van der Waals surface area contributed by atoms with Crippen LogP contribution in [0.1, 0.15) is 74.1 Å². The van der Waals surface area contributed by atoms with Gasteiger partial charge in [-0.15, -0.1) is 0 Å². The second-order valence-electron chi connectivity index (χ2n) is 10.6. The molecule has 4 N–H and O–H groups in total. The Kier molecular flexibility index (Phi) is 7.46. The van der Waals surface area contributed by atoms with Crippen LogP contribution in [0, 0.1) is 11.8 Å². The van der Waals surface area contributed by atoms with E-state index in [2.05, 4.69) is 71.8 Å². The fraction of sp³-hybridized carbons (Fsp3) is 0.586. The Morgan fingerprint density at radius 2 is 1.67 bits per heavy atom. The zero-order valence-electron chi connectivity index (χ0n) is 20.6. The molecule has 1 aliphatic heterocycles. The highest BCUT2D eigenvalue weighted by atomic mass is 15.3. The number of hydrogen-bond acceptors (Lipinski definition) is 4. The van der Waals surface area contributed by atoms with Crippen LogP contribution < -0.4 is 21.5 Å². The van der Waals surface area contributed by atoms with Gasteiger partial charge in [-0.1, -0.05) is 50.3 Å². The summed E-state index contributed by atoms with van der Waals surface area (Å²) in [5, 5.41) is 10.6. The van der Waals surface area contributed by atoms with E-state index in [0.717, 1.165) is 32.7 Å². The summed E-state index contributed by atoms with van der Waals surface area (Å²) in [7, 11) is 0. The van der Waals surface area contributed by atoms with Crippen molar-refractivity contribution >= 4 is 16.8 Å². The number of allylic oxidation sites excluding steroid dienone is 1. The van der Waals surface area contributed by atoms with Crippen molar-refractivity contribution in [2.24, 2.45) is 11.8 Å². The summed E-state index contributed by atoms with van der Waals surface area (Å²) in [6.45, 7) is 8.90. The van der Waals surface area contributed by atoms with Crippen LogP contribution in [-0.2, 0) is 12.8 Å². The monoisotopic (exact) mass is 446 g/mol. The lowest BCUT2D eigenvalue weighted by Gasteiger charge is -2.42. The van der Waals surface area contributed by atoms with E-state index in [1.807, 2.05) is 0 Å². The van der Waals surface area contributed by atoms with Gasteiger partial charge >= 0.3 is 0 Å². The topological polar surface area (TPSA) is 48.1 Å². The first-order chi connectivity index (χ1) is 16.2. The highest BCUT2D eigenvalue weighted by Gasteiger charge is 2.37. The molecule has 4 nitrogen and oxygen atoms in total. The van der Waals surface area contributed by atoms with E-state index >= 15 is 0 Å². The Morgan fingerprint density at radius 1 is 0.848 bits per heavy atom. The van der Waals surface area contributed by atoms with E-state index in [0.29, 0.717) is 23.8 Å². The molecule has 0 radical (unpaired) electrons. The lowest BCUT2D eigenvalue weighted by atomic mass is 9.66. The molecule has 33 heavy (non-hydrogen) atoms. The van der Waals surface area contributed by atoms with Crippen LogP contribution in [0.2, 0.25) is 0 Å². The second kappa shape index (κ2) is 10.7. The van der Waals surface area contributed by atoms with Gasteiger partial charge in [0.2, 0.25) is 0 Å². The molecule has 0 amide bonds. The van der Waals surface area contributed by atoms with Crippen molar-refractivity contribution in [1.29, 1.82) is 0 Å². The maximum atomic E-state index is 3.94. The molecule has 0 saturated carbocycles. The molecule has 0 bridgehead atoms. The summed E-state index contributed by atoms with van der Waals surface area (Å²) in [4.78, 5) is 0. The van der Waals surface area contributed by atoms with E-state index in [4.69, 9.17) is 0 Å². The molecular weight excluding hydrogens is 404 g/mol. The van der Waals surface area contributed by atoms with Gasteiger partial charge in [0, 0.05) is 31.7 Å². The van der Waals surface area contributed by atoms with Gasteiger partial charge in [-0.05, 0) is 96.4 Å². The maximum absolute atomic E-state index is 3.94. The predicted octanol–water partition coefficient (Wildman–Crippen LogP) is 4.88. The SMILES string of the molecule is CC(C)C1CCc2c(ccc3c4c(ccc23)C=CCC4)C1C1CCNNCCCCNCN1. The third-order valence-electron chi connectivity index (χ3n) is 8.29. The Labute approximate surface area is 200 Å². The van der Waals surface area contributed by atoms with E-state index in [1.54, 1.807) is 16.7 Å². The van der Waals surface area contributed by atoms with Crippen molar-refractivity contribution in [1.82, 2.24) is 21.5 Å². The normalized spacial score (nSPS) is 26.9. The Hall–Kier alpha value is -1.72. The summed E-state index contributed by atoms with van der Waals surface area (Å²) >= 11 is 0. The Morgan fingerprint density at radius 3 is 2.58 bits per heavy atom. The largest absolute Gasteiger partial charge is 0.304 e. The van der Waals surface area contributed by atoms with E-state index in [9.17, 15) is 0 Å². The second-order valence-corrected chi connectivity index (χ2v) is 10.6. The average molecular weight is 447 g/mol. The first-order valence-electron chi connectivity index (χ1n) is 13.4. The maximum Gasteiger partial charge on any atom is 0.0456 e. The van der Waals surface area contributed by atoms with Crippen LogP contribution in [0.15, 0.2) is 30.3 Å². The minimum absolute atomic E-state index is 0.468. The zero-order chi connectivity index (χ0) is 22.6. The molecule has 1 saturated heterocycles. The Balaban J connectivity index is 1.52. The van der Waals surface area contributed by atoms with Gasteiger partial charge in [-0.25, -0.2) is 0 Å². The standard InChI is InChI=1S/C29H42N4/c1-20(2)22-11-12-26-25-10-9-21-7-3-4-8-23(21)24(25)13-14-27(26)29(22)28-15-18-33-32-17-6-5-16-30-19-31-28/h3,7,9-10,13-14,20,22,28-33H,4-6,8,11-12,15-19H2,1-2H3. The first kappa shape index (κ1) is 23.0. The Bertz CT molecular complexity index is 967. The lowest BCUT2D eigenvalue weighted by molar-refractivity contribution is 0.222. The van der Waals surface area contributed by atoms with Crippen LogP contribution in [0.25, 0.3) is 16.8 Å². The van der Waals surface area contributed by atoms with E-state index < -0.39 is 0 Å². The predicted molar refractivity (Wildman–Crippen MR) is 140 cm³/mol. The van der Waals surface area contributed by atoms with Crippen molar-refractivity contribution < 1.29 is 0 Å². The summed E-state index contributed by atoms with van der Waals surface area (Å²) in [5.74, 6) is 1.96. The molecule has 5 rings (SSSR count). The summed E-state index contributed by atoms with van der Waals surface area (Å²) < 4.78 is 0. The van der Waals surface area contributed by atoms with Crippen LogP contribution >= 0.6 is 0 Å². The van der Waals surface area contributed by atoms with Crippen molar-refractivity contribution in [2.45, 2.75) is 70.8 Å². The van der Waals surface area contributed by atoms with Gasteiger partial charge in [-0.2, -0.15) is 0 Å². The number of benzene rings is 2. The zero-order valence-corrected chi connectivity index (χ0v) is 20.6. The molecule has 2 aliphatic carbocycles. The quantitative estimate of drug-likeness (QED) is 0.531. The van der Waals surface area contributed by atoms with Gasteiger partial charge in [0.25, 0.3) is 0 Å². The number of hydrogen-bond donors (Lipinski definition) is 4. The summed E-state index contributed by atoms with van der Waals surface area (Å²) in [5.41, 5.74) is 13.1. The number of fused-ring (bicyclic) bond motifs is 5. The molecule has 1 heterocycles. The highest BCUT2D eigenvalue weighted by Crippen LogP contribution is 2.45. The lowest BCUT2D eigenvalue weighted by Crippen LogP contribution is -2.48. The molecule has 3 unspecified atom stereocenters. The van der Waals surface area contributed by atoms with Gasteiger partial charge in [-0.3, -0.25) is 10.9 Å². The molecule has 0 aromatic heterocycles. The average Bonchev–Trinajstić information content (AvgIpc) is 2.83. The molecule has 4 heteroatoms. The van der Waals surface area contributed by atoms with Gasteiger partial charge < -0.3 is 10.6 Å². The molecule has 2 aromatic rings. The smallest absolute Gasteiger partial charge is 0.0456 e. The number of aryl methyl sites for hydroxylation is 2. The first-order valence-corrected chi connectivity index (χ1v) is 13.4. The third kappa shape index (κ3) is 4.90. The van der Waals surface area contributed by atoms with Gasteiger partial charge in [0.05, 0.1) is 0 Å². The fourth-order valence-electron chi connectivity index (χ4n) is 6.58. The van der Waals surface area contributed by atoms with E-state index in [1.165, 1.54) is 54.9 Å². The third-order valence-corrected chi connectivity index (χ3v) is 8.29. The van der Waals surface area contributed by atoms with Crippen LogP contribution in [-0.4, -0.2) is 32.3 Å². The van der Waals surface area contributed by atoms with Crippen molar-refractivity contribution in [3.05, 3.63) is 52.6 Å². The number of rotatable bonds is 2. The van der Waals surface area contributed by atoms with Crippen LogP contribution in [0.4, 0.5) is 0 Å². The molecule has 3 atom stereocenters. The van der Waals surface area contributed by atoms with Crippen molar-refractivity contribution in [3.63, 3.8) is 0 Å². The molecule has 1 fully saturated rings. The number of hydrazine groups is 1. The molecule has 0 spiro atoms. The van der Waals surface area contributed by atoms with Crippen molar-refractivity contribution in [3.8, 4) is 0 Å². The molecular formula is C29H42N4. The van der Waals surface area contributed by atoms with Gasteiger partial charge in [0.1, 0.15) is 0 Å². The number of nitrogens with one attached hydrogen (secondary N) is 4. The van der Waals surface area contributed by atoms with Crippen LogP contribution in [0.3, 0.4) is 0 Å². The minimum atomic E-state index is 0.468. The highest BCUT2D eigenvalue weighted by molar-refractivity contribution is 5.93. The fourth-order valence-corrected chi connectivity index (χ4v) is 6.58.